The second-order valence-corrected chi connectivity index (χ2v) is 5.73. The molecule has 0 spiro atoms. The van der Waals surface area contributed by atoms with Crippen molar-refractivity contribution in [1.82, 2.24) is 4.90 Å². The van der Waals surface area contributed by atoms with E-state index >= 15 is 0 Å². The summed E-state index contributed by atoms with van der Waals surface area (Å²) in [6.45, 7) is 6.01. The number of nitrogens with zero attached hydrogens (tertiary/aromatic N) is 1. The molecule has 1 aromatic carbocycles. The highest BCUT2D eigenvalue weighted by Gasteiger charge is 2.23. The van der Waals surface area contributed by atoms with Crippen LogP contribution >= 0.6 is 15.9 Å². The lowest BCUT2D eigenvalue weighted by atomic mass is 9.99. The fourth-order valence-corrected chi connectivity index (χ4v) is 2.79. The molecule has 0 aliphatic carbocycles. The smallest absolute Gasteiger partial charge is 0.255 e. The second-order valence-electron chi connectivity index (χ2n) is 4.94. The van der Waals surface area contributed by atoms with Gasteiger partial charge in [0.25, 0.3) is 5.91 Å². The van der Waals surface area contributed by atoms with Crippen molar-refractivity contribution in [1.29, 1.82) is 0 Å². The van der Waals surface area contributed by atoms with Crippen molar-refractivity contribution in [3.05, 3.63) is 33.8 Å². The first-order valence-electron chi connectivity index (χ1n) is 6.14. The molecule has 92 valence electrons. The summed E-state index contributed by atoms with van der Waals surface area (Å²) in [4.78, 5) is 14.4. The monoisotopic (exact) mass is 295 g/mol. The Labute approximate surface area is 111 Å². The summed E-state index contributed by atoms with van der Waals surface area (Å²) in [7, 11) is 0. The number of halogens is 1. The molecule has 17 heavy (non-hydrogen) atoms. The van der Waals surface area contributed by atoms with Gasteiger partial charge in [0.1, 0.15) is 0 Å². The minimum absolute atomic E-state index is 0.159. The first-order chi connectivity index (χ1) is 8.09. The van der Waals surface area contributed by atoms with Gasteiger partial charge in [-0.2, -0.15) is 0 Å². The van der Waals surface area contributed by atoms with Crippen molar-refractivity contribution in [3.8, 4) is 0 Å². The molecular formula is C14H18BrNO. The molecule has 1 amide bonds. The highest BCUT2D eigenvalue weighted by Crippen LogP contribution is 2.24. The van der Waals surface area contributed by atoms with Gasteiger partial charge in [-0.1, -0.05) is 19.1 Å². The highest BCUT2D eigenvalue weighted by atomic mass is 79.9. The lowest BCUT2D eigenvalue weighted by Crippen LogP contribution is -2.39. The summed E-state index contributed by atoms with van der Waals surface area (Å²) < 4.78 is 0.934. The average Bonchev–Trinajstić information content (AvgIpc) is 2.32. The van der Waals surface area contributed by atoms with Crippen molar-refractivity contribution >= 4 is 21.8 Å². The molecule has 1 aromatic rings. The van der Waals surface area contributed by atoms with Crippen LogP contribution in [0.25, 0.3) is 0 Å². The molecule has 1 fully saturated rings. The number of likely N-dealkylation sites (tertiary alicyclic amines) is 1. The number of benzene rings is 1. The summed E-state index contributed by atoms with van der Waals surface area (Å²) in [5.41, 5.74) is 1.90. The molecule has 0 N–H and O–H groups in total. The van der Waals surface area contributed by atoms with Crippen LogP contribution in [0.15, 0.2) is 22.7 Å². The van der Waals surface area contributed by atoms with Gasteiger partial charge in [0.15, 0.2) is 0 Å². The number of hydrogen-bond donors (Lipinski definition) is 0. The number of rotatable bonds is 1. The fourth-order valence-electron chi connectivity index (χ4n) is 2.36. The molecule has 0 bridgehead atoms. The van der Waals surface area contributed by atoms with E-state index < -0.39 is 0 Å². The van der Waals surface area contributed by atoms with E-state index in [2.05, 4.69) is 22.9 Å². The molecule has 2 rings (SSSR count). The maximum atomic E-state index is 12.4. The van der Waals surface area contributed by atoms with Crippen LogP contribution in [0.3, 0.4) is 0 Å². The van der Waals surface area contributed by atoms with Crippen LogP contribution in [0.5, 0.6) is 0 Å². The molecule has 1 unspecified atom stereocenters. The summed E-state index contributed by atoms with van der Waals surface area (Å²) in [5.74, 6) is 0.781. The second kappa shape index (κ2) is 5.21. The van der Waals surface area contributed by atoms with Crippen LogP contribution in [0.1, 0.15) is 35.7 Å². The maximum absolute atomic E-state index is 12.4. The lowest BCUT2D eigenvalue weighted by molar-refractivity contribution is 0.0682. The third-order valence-corrected chi connectivity index (χ3v) is 4.42. The Morgan fingerprint density at radius 3 is 2.94 bits per heavy atom. The Morgan fingerprint density at radius 1 is 1.47 bits per heavy atom. The molecule has 0 radical (unpaired) electrons. The number of aryl methyl sites for hydroxylation is 1. The van der Waals surface area contributed by atoms with E-state index in [4.69, 9.17) is 0 Å². The number of amides is 1. The normalized spacial score (nSPS) is 20.4. The third kappa shape index (κ3) is 2.71. The molecule has 0 aromatic heterocycles. The summed E-state index contributed by atoms with van der Waals surface area (Å²) >= 11 is 3.52. The zero-order valence-electron chi connectivity index (χ0n) is 10.4. The van der Waals surface area contributed by atoms with E-state index in [1.807, 2.05) is 30.0 Å². The molecule has 1 heterocycles. The number of piperidine rings is 1. The Hall–Kier alpha value is -0.830. The highest BCUT2D eigenvalue weighted by molar-refractivity contribution is 9.10. The Bertz CT molecular complexity index is 430. The summed E-state index contributed by atoms with van der Waals surface area (Å²) in [6.07, 6.45) is 2.36. The first-order valence-corrected chi connectivity index (χ1v) is 6.93. The molecule has 0 saturated carbocycles. The first kappa shape index (κ1) is 12.6. The van der Waals surface area contributed by atoms with E-state index in [9.17, 15) is 4.79 Å². The van der Waals surface area contributed by atoms with Gasteiger partial charge < -0.3 is 4.90 Å². The van der Waals surface area contributed by atoms with E-state index in [0.717, 1.165) is 35.1 Å². The van der Waals surface area contributed by atoms with Gasteiger partial charge >= 0.3 is 0 Å². The van der Waals surface area contributed by atoms with Crippen LogP contribution in [0.2, 0.25) is 0 Å². The van der Waals surface area contributed by atoms with E-state index in [1.165, 1.54) is 6.42 Å². The maximum Gasteiger partial charge on any atom is 0.255 e. The minimum Gasteiger partial charge on any atom is -0.338 e. The van der Waals surface area contributed by atoms with Gasteiger partial charge in [-0.05, 0) is 53.2 Å². The third-order valence-electron chi connectivity index (χ3n) is 3.37. The van der Waals surface area contributed by atoms with Crippen molar-refractivity contribution in [3.63, 3.8) is 0 Å². The van der Waals surface area contributed by atoms with Crippen LogP contribution in [-0.2, 0) is 0 Å². The van der Waals surface area contributed by atoms with Crippen LogP contribution in [0, 0.1) is 12.8 Å². The topological polar surface area (TPSA) is 20.3 Å². The minimum atomic E-state index is 0.159. The molecule has 1 aliphatic heterocycles. The van der Waals surface area contributed by atoms with E-state index in [-0.39, 0.29) is 5.91 Å². The number of hydrogen-bond acceptors (Lipinski definition) is 1. The molecule has 1 saturated heterocycles. The van der Waals surface area contributed by atoms with Crippen LogP contribution in [-0.4, -0.2) is 23.9 Å². The van der Waals surface area contributed by atoms with Gasteiger partial charge in [0, 0.05) is 17.6 Å². The Kier molecular flexibility index (Phi) is 3.87. The summed E-state index contributed by atoms with van der Waals surface area (Å²) in [6, 6.07) is 5.86. The quantitative estimate of drug-likeness (QED) is 0.775. The predicted octanol–water partition coefficient (Wildman–Crippen LogP) is 3.63. The van der Waals surface area contributed by atoms with Crippen LogP contribution in [0.4, 0.5) is 0 Å². The molecule has 2 nitrogen and oxygen atoms in total. The van der Waals surface area contributed by atoms with Crippen molar-refractivity contribution in [2.45, 2.75) is 26.7 Å². The van der Waals surface area contributed by atoms with Gasteiger partial charge in [-0.3, -0.25) is 4.79 Å². The van der Waals surface area contributed by atoms with Crippen molar-refractivity contribution in [2.75, 3.05) is 13.1 Å². The largest absolute Gasteiger partial charge is 0.338 e. The predicted molar refractivity (Wildman–Crippen MR) is 73.2 cm³/mol. The lowest BCUT2D eigenvalue weighted by Gasteiger charge is -2.31. The standard InChI is InChI=1S/C14H18BrNO/c1-10-5-4-8-16(9-10)14(17)12-7-3-6-11(2)13(12)15/h3,6-7,10H,4-5,8-9H2,1-2H3. The zero-order valence-corrected chi connectivity index (χ0v) is 12.0. The summed E-state index contributed by atoms with van der Waals surface area (Å²) in [5, 5.41) is 0. The van der Waals surface area contributed by atoms with E-state index in [1.54, 1.807) is 0 Å². The van der Waals surface area contributed by atoms with Gasteiger partial charge in [0.05, 0.1) is 5.56 Å². The van der Waals surface area contributed by atoms with Crippen molar-refractivity contribution in [2.24, 2.45) is 5.92 Å². The number of carbonyl (C=O) groups excluding carboxylic acids is 1. The Balaban J connectivity index is 2.22. The fraction of sp³-hybridized carbons (Fsp3) is 0.500. The van der Waals surface area contributed by atoms with E-state index in [0.29, 0.717) is 5.92 Å². The van der Waals surface area contributed by atoms with Crippen LogP contribution < -0.4 is 0 Å². The van der Waals surface area contributed by atoms with Crippen molar-refractivity contribution < 1.29 is 4.79 Å². The SMILES string of the molecule is Cc1cccc(C(=O)N2CCCC(C)C2)c1Br. The molecule has 1 atom stereocenters. The Morgan fingerprint density at radius 2 is 2.24 bits per heavy atom. The van der Waals surface area contributed by atoms with Gasteiger partial charge in [0.2, 0.25) is 0 Å². The number of carbonyl (C=O) groups is 1. The molecule has 1 aliphatic rings. The van der Waals surface area contributed by atoms with Gasteiger partial charge in [-0.15, -0.1) is 0 Å². The molecule has 3 heteroatoms. The average molecular weight is 296 g/mol. The zero-order chi connectivity index (χ0) is 12.4. The molecular weight excluding hydrogens is 278 g/mol. The van der Waals surface area contributed by atoms with Gasteiger partial charge in [-0.25, -0.2) is 0 Å².